The van der Waals surface area contributed by atoms with Crippen LogP contribution in [0.3, 0.4) is 0 Å². The number of nitriles is 1. The lowest BCUT2D eigenvalue weighted by molar-refractivity contribution is 0.181. The van der Waals surface area contributed by atoms with Gasteiger partial charge >= 0.3 is 0 Å². The van der Waals surface area contributed by atoms with Gasteiger partial charge in [0.1, 0.15) is 4.90 Å². The van der Waals surface area contributed by atoms with E-state index < -0.39 is 10.0 Å². The van der Waals surface area contributed by atoms with Crippen molar-refractivity contribution in [1.29, 1.82) is 5.26 Å². The maximum atomic E-state index is 13.3. The first kappa shape index (κ1) is 19.5. The Morgan fingerprint density at radius 1 is 1.07 bits per heavy atom. The molecule has 0 bridgehead atoms. The first-order valence-electron chi connectivity index (χ1n) is 9.54. The number of benzene rings is 2. The molecule has 1 aromatic heterocycles. The Labute approximate surface area is 171 Å². The zero-order valence-corrected chi connectivity index (χ0v) is 17.1. The van der Waals surface area contributed by atoms with Crippen LogP contribution in [0.4, 0.5) is 0 Å². The van der Waals surface area contributed by atoms with Crippen molar-refractivity contribution in [2.45, 2.75) is 18.4 Å². The van der Waals surface area contributed by atoms with Crippen LogP contribution in [0.5, 0.6) is 0 Å². The van der Waals surface area contributed by atoms with E-state index in [9.17, 15) is 8.42 Å². The van der Waals surface area contributed by atoms with Gasteiger partial charge in [-0.25, -0.2) is 8.42 Å². The minimum Gasteiger partial charge on any atom is -0.296 e. The summed E-state index contributed by atoms with van der Waals surface area (Å²) in [5.41, 5.74) is 3.23. The van der Waals surface area contributed by atoms with Gasteiger partial charge in [-0.3, -0.25) is 9.88 Å². The predicted molar refractivity (Wildman–Crippen MR) is 112 cm³/mol. The number of fused-ring (bicyclic) bond motifs is 1. The van der Waals surface area contributed by atoms with Crippen LogP contribution in [0.25, 0.3) is 10.9 Å². The third kappa shape index (κ3) is 4.01. The summed E-state index contributed by atoms with van der Waals surface area (Å²) >= 11 is 0. The van der Waals surface area contributed by atoms with Gasteiger partial charge in [-0.2, -0.15) is 9.57 Å². The van der Waals surface area contributed by atoms with Crippen molar-refractivity contribution in [2.24, 2.45) is 0 Å². The van der Waals surface area contributed by atoms with E-state index in [-0.39, 0.29) is 4.90 Å². The molecule has 0 atom stereocenters. The molecule has 0 saturated carbocycles. The normalized spacial score (nSPS) is 16.0. The lowest BCUT2D eigenvalue weighted by Crippen LogP contribution is -2.48. The van der Waals surface area contributed by atoms with E-state index in [0.29, 0.717) is 43.8 Å². The van der Waals surface area contributed by atoms with Crippen LogP contribution >= 0.6 is 0 Å². The molecule has 4 rings (SSSR count). The van der Waals surface area contributed by atoms with Crippen LogP contribution in [0.2, 0.25) is 0 Å². The van der Waals surface area contributed by atoms with Gasteiger partial charge in [0.25, 0.3) is 0 Å². The topological polar surface area (TPSA) is 77.3 Å². The number of piperazine rings is 1. The van der Waals surface area contributed by atoms with Gasteiger partial charge in [0, 0.05) is 44.3 Å². The summed E-state index contributed by atoms with van der Waals surface area (Å²) in [4.78, 5) is 6.87. The molecule has 0 spiro atoms. The van der Waals surface area contributed by atoms with Crippen molar-refractivity contribution < 1.29 is 8.42 Å². The summed E-state index contributed by atoms with van der Waals surface area (Å²) in [6, 6.07) is 17.0. The quantitative estimate of drug-likeness (QED) is 0.666. The second kappa shape index (κ2) is 7.91. The van der Waals surface area contributed by atoms with Crippen molar-refractivity contribution in [2.75, 3.05) is 26.2 Å². The Morgan fingerprint density at radius 2 is 1.83 bits per heavy atom. The monoisotopic (exact) mass is 406 g/mol. The molecule has 0 N–H and O–H groups in total. The Bertz CT molecular complexity index is 1190. The number of aryl methyl sites for hydroxylation is 1. The van der Waals surface area contributed by atoms with E-state index in [1.807, 2.05) is 37.3 Å². The minimum absolute atomic E-state index is 0.269. The van der Waals surface area contributed by atoms with Crippen LogP contribution in [0.15, 0.2) is 59.6 Å². The fourth-order valence-corrected chi connectivity index (χ4v) is 5.30. The summed E-state index contributed by atoms with van der Waals surface area (Å²) in [6.45, 7) is 4.81. The van der Waals surface area contributed by atoms with Gasteiger partial charge < -0.3 is 0 Å². The molecule has 2 aromatic carbocycles. The maximum absolute atomic E-state index is 13.3. The molecule has 1 saturated heterocycles. The second-order valence-corrected chi connectivity index (χ2v) is 9.24. The molecule has 0 aliphatic carbocycles. The number of pyridine rings is 1. The summed E-state index contributed by atoms with van der Waals surface area (Å²) in [7, 11) is -3.61. The summed E-state index contributed by atoms with van der Waals surface area (Å²) in [5.74, 6) is 0. The number of sulfonamides is 1. The lowest BCUT2D eigenvalue weighted by atomic mass is 10.1. The Hall–Kier alpha value is -2.79. The average molecular weight is 407 g/mol. The van der Waals surface area contributed by atoms with Crippen LogP contribution in [-0.2, 0) is 16.6 Å². The van der Waals surface area contributed by atoms with Crippen LogP contribution in [0, 0.1) is 18.3 Å². The fraction of sp³-hybridized carbons (Fsp3) is 0.273. The van der Waals surface area contributed by atoms with Gasteiger partial charge in [0.2, 0.25) is 10.0 Å². The molecule has 2 heterocycles. The first-order chi connectivity index (χ1) is 14.0. The lowest BCUT2D eigenvalue weighted by Gasteiger charge is -2.34. The predicted octanol–water partition coefficient (Wildman–Crippen LogP) is 2.92. The molecule has 3 aromatic rings. The molecule has 6 nitrogen and oxygen atoms in total. The average Bonchev–Trinajstić information content (AvgIpc) is 2.73. The molecule has 1 aliphatic heterocycles. The largest absolute Gasteiger partial charge is 0.296 e. The van der Waals surface area contributed by atoms with Crippen molar-refractivity contribution >= 4 is 20.9 Å². The summed E-state index contributed by atoms with van der Waals surface area (Å²) in [6.07, 6.45) is 1.70. The third-order valence-corrected chi connectivity index (χ3v) is 7.15. The van der Waals surface area contributed by atoms with E-state index in [4.69, 9.17) is 5.26 Å². The molecule has 0 unspecified atom stereocenters. The van der Waals surface area contributed by atoms with Crippen LogP contribution in [0.1, 0.15) is 16.7 Å². The van der Waals surface area contributed by atoms with Gasteiger partial charge in [-0.05, 0) is 42.3 Å². The Balaban J connectivity index is 1.50. The first-order valence-corrected chi connectivity index (χ1v) is 11.0. The zero-order valence-electron chi connectivity index (χ0n) is 16.2. The molecule has 148 valence electrons. The van der Waals surface area contributed by atoms with Crippen molar-refractivity contribution in [3.63, 3.8) is 0 Å². The molecule has 0 amide bonds. The van der Waals surface area contributed by atoms with E-state index in [0.717, 1.165) is 16.5 Å². The van der Waals surface area contributed by atoms with Crippen molar-refractivity contribution in [3.8, 4) is 6.07 Å². The van der Waals surface area contributed by atoms with Crippen LogP contribution in [-0.4, -0.2) is 48.8 Å². The number of aromatic nitrogens is 1. The van der Waals surface area contributed by atoms with Gasteiger partial charge in [-0.15, -0.1) is 0 Å². The molecule has 7 heteroatoms. The van der Waals surface area contributed by atoms with E-state index in [1.54, 1.807) is 28.7 Å². The number of para-hydroxylation sites is 1. The third-order valence-electron chi connectivity index (χ3n) is 5.22. The maximum Gasteiger partial charge on any atom is 0.245 e. The molecule has 0 radical (unpaired) electrons. The number of hydrogen-bond acceptors (Lipinski definition) is 5. The SMILES string of the molecule is Cc1cnc2c(S(=O)(=O)N3CCN(Cc4cccc(C#N)c4)CC3)cccc2c1. The molecular formula is C22H22N4O2S. The number of nitrogens with zero attached hydrogens (tertiary/aromatic N) is 4. The van der Waals surface area contributed by atoms with E-state index in [1.165, 1.54) is 0 Å². The highest BCUT2D eigenvalue weighted by molar-refractivity contribution is 7.89. The highest BCUT2D eigenvalue weighted by Gasteiger charge is 2.30. The van der Waals surface area contributed by atoms with Crippen molar-refractivity contribution in [3.05, 3.63) is 71.4 Å². The van der Waals surface area contributed by atoms with Gasteiger partial charge in [0.15, 0.2) is 0 Å². The smallest absolute Gasteiger partial charge is 0.245 e. The van der Waals surface area contributed by atoms with Crippen molar-refractivity contribution in [1.82, 2.24) is 14.2 Å². The van der Waals surface area contributed by atoms with Gasteiger partial charge in [-0.1, -0.05) is 24.3 Å². The number of rotatable bonds is 4. The Kier molecular flexibility index (Phi) is 5.33. The molecule has 29 heavy (non-hydrogen) atoms. The zero-order chi connectivity index (χ0) is 20.4. The number of hydrogen-bond donors (Lipinski definition) is 0. The summed E-state index contributed by atoms with van der Waals surface area (Å²) in [5, 5.41) is 9.88. The van der Waals surface area contributed by atoms with E-state index >= 15 is 0 Å². The highest BCUT2D eigenvalue weighted by Crippen LogP contribution is 2.25. The molecule has 1 aliphatic rings. The Morgan fingerprint density at radius 3 is 2.59 bits per heavy atom. The van der Waals surface area contributed by atoms with E-state index in [2.05, 4.69) is 16.0 Å². The highest BCUT2D eigenvalue weighted by atomic mass is 32.2. The molecular weight excluding hydrogens is 384 g/mol. The fourth-order valence-electron chi connectivity index (χ4n) is 3.72. The second-order valence-electron chi connectivity index (χ2n) is 7.33. The molecule has 1 fully saturated rings. The standard InChI is InChI=1S/C22H22N4O2S/c1-17-12-20-6-3-7-21(22(20)24-15-17)29(27,28)26-10-8-25(9-11-26)16-19-5-2-4-18(13-19)14-23/h2-7,12-13,15H,8-11,16H2,1H3. The van der Waals surface area contributed by atoms with Crippen LogP contribution < -0.4 is 0 Å². The minimum atomic E-state index is -3.61. The summed E-state index contributed by atoms with van der Waals surface area (Å²) < 4.78 is 28.1. The van der Waals surface area contributed by atoms with Gasteiger partial charge in [0.05, 0.1) is 17.1 Å².